The van der Waals surface area contributed by atoms with Gasteiger partial charge in [-0.1, -0.05) is 26.0 Å². The molecule has 0 spiro atoms. The molecule has 1 fully saturated rings. The van der Waals surface area contributed by atoms with Crippen molar-refractivity contribution >= 4 is 11.6 Å². The SMILES string of the molecule is CC(C)c1ccc(-n2c(Cl)nnc2C2CC2)cc1. The normalized spacial score (nSPS) is 15.3. The molecule has 1 saturated carbocycles. The Morgan fingerprint density at radius 2 is 1.83 bits per heavy atom. The molecule has 0 amide bonds. The first-order valence-corrected chi connectivity index (χ1v) is 6.75. The number of hydrogen-bond acceptors (Lipinski definition) is 2. The third-order valence-electron chi connectivity index (χ3n) is 3.41. The molecule has 0 unspecified atom stereocenters. The van der Waals surface area contributed by atoms with Crippen molar-refractivity contribution in [3.05, 3.63) is 40.9 Å². The van der Waals surface area contributed by atoms with Gasteiger partial charge in [0.1, 0.15) is 5.82 Å². The predicted octanol–water partition coefficient (Wildman–Crippen LogP) is 3.92. The summed E-state index contributed by atoms with van der Waals surface area (Å²) in [7, 11) is 0. The Balaban J connectivity index is 2.01. The van der Waals surface area contributed by atoms with Crippen LogP contribution in [0.4, 0.5) is 0 Å². The number of aromatic nitrogens is 3. The smallest absolute Gasteiger partial charge is 0.229 e. The average molecular weight is 262 g/mol. The molecule has 3 rings (SSSR count). The summed E-state index contributed by atoms with van der Waals surface area (Å²) in [5.74, 6) is 2.07. The zero-order chi connectivity index (χ0) is 12.7. The highest BCUT2D eigenvalue weighted by Gasteiger charge is 2.30. The van der Waals surface area contributed by atoms with Gasteiger partial charge in [0.2, 0.25) is 5.28 Å². The van der Waals surface area contributed by atoms with Crippen LogP contribution < -0.4 is 0 Å². The first kappa shape index (κ1) is 11.7. The second kappa shape index (κ2) is 4.39. The van der Waals surface area contributed by atoms with E-state index >= 15 is 0 Å². The maximum atomic E-state index is 6.14. The van der Waals surface area contributed by atoms with E-state index in [9.17, 15) is 0 Å². The molecule has 0 radical (unpaired) electrons. The van der Waals surface area contributed by atoms with Crippen LogP contribution in [0.1, 0.15) is 49.9 Å². The Morgan fingerprint density at radius 3 is 2.39 bits per heavy atom. The summed E-state index contributed by atoms with van der Waals surface area (Å²) in [5.41, 5.74) is 2.38. The van der Waals surface area contributed by atoms with Crippen LogP contribution in [-0.2, 0) is 0 Å². The highest BCUT2D eigenvalue weighted by molar-refractivity contribution is 6.28. The van der Waals surface area contributed by atoms with E-state index in [1.807, 2.05) is 4.57 Å². The molecule has 1 aromatic heterocycles. The predicted molar refractivity (Wildman–Crippen MR) is 72.4 cm³/mol. The number of benzene rings is 1. The molecule has 4 heteroatoms. The van der Waals surface area contributed by atoms with E-state index in [1.54, 1.807) is 0 Å². The van der Waals surface area contributed by atoms with Crippen LogP contribution >= 0.6 is 11.6 Å². The van der Waals surface area contributed by atoms with Crippen molar-refractivity contribution in [3.8, 4) is 5.69 Å². The zero-order valence-electron chi connectivity index (χ0n) is 10.6. The molecule has 1 aromatic carbocycles. The summed E-state index contributed by atoms with van der Waals surface area (Å²) < 4.78 is 1.96. The van der Waals surface area contributed by atoms with Gasteiger partial charge in [0.05, 0.1) is 0 Å². The average Bonchev–Trinajstić information content (AvgIpc) is 3.13. The van der Waals surface area contributed by atoms with Gasteiger partial charge in [-0.3, -0.25) is 4.57 Å². The highest BCUT2D eigenvalue weighted by Crippen LogP contribution is 2.40. The number of hydrogen-bond donors (Lipinski definition) is 0. The fourth-order valence-corrected chi connectivity index (χ4v) is 2.35. The number of halogens is 1. The Morgan fingerprint density at radius 1 is 1.17 bits per heavy atom. The van der Waals surface area contributed by atoms with Crippen molar-refractivity contribution < 1.29 is 0 Å². The van der Waals surface area contributed by atoms with Gasteiger partial charge in [0.25, 0.3) is 0 Å². The molecule has 3 nitrogen and oxygen atoms in total. The fourth-order valence-electron chi connectivity index (χ4n) is 2.13. The second-order valence-electron chi connectivity index (χ2n) is 5.18. The Labute approximate surface area is 112 Å². The topological polar surface area (TPSA) is 30.7 Å². The minimum atomic E-state index is 0.453. The summed E-state index contributed by atoms with van der Waals surface area (Å²) in [6.45, 7) is 4.38. The Hall–Kier alpha value is -1.35. The Kier molecular flexibility index (Phi) is 2.86. The van der Waals surface area contributed by atoms with Crippen molar-refractivity contribution in [1.29, 1.82) is 0 Å². The molecule has 2 aromatic rings. The monoisotopic (exact) mass is 261 g/mol. The minimum absolute atomic E-state index is 0.453. The minimum Gasteiger partial charge on any atom is -0.270 e. The Bertz CT molecular complexity index is 553. The first-order chi connectivity index (χ1) is 8.66. The van der Waals surface area contributed by atoms with Gasteiger partial charge in [-0.15, -0.1) is 10.2 Å². The van der Waals surface area contributed by atoms with Gasteiger partial charge in [0, 0.05) is 11.6 Å². The lowest BCUT2D eigenvalue weighted by Crippen LogP contribution is -2.00. The van der Waals surface area contributed by atoms with E-state index in [0.29, 0.717) is 17.1 Å². The molecular formula is C14H16ClN3. The molecule has 0 aliphatic heterocycles. The molecule has 1 heterocycles. The van der Waals surface area contributed by atoms with Gasteiger partial charge in [-0.2, -0.15) is 0 Å². The highest BCUT2D eigenvalue weighted by atomic mass is 35.5. The van der Waals surface area contributed by atoms with Gasteiger partial charge < -0.3 is 0 Å². The van der Waals surface area contributed by atoms with Gasteiger partial charge >= 0.3 is 0 Å². The third kappa shape index (κ3) is 2.03. The number of rotatable bonds is 3. The molecular weight excluding hydrogens is 246 g/mol. The fraction of sp³-hybridized carbons (Fsp3) is 0.429. The maximum Gasteiger partial charge on any atom is 0.229 e. The second-order valence-corrected chi connectivity index (χ2v) is 5.52. The quantitative estimate of drug-likeness (QED) is 0.838. The van der Waals surface area contributed by atoms with Crippen LogP contribution in [-0.4, -0.2) is 14.8 Å². The maximum absolute atomic E-state index is 6.14. The van der Waals surface area contributed by atoms with Crippen molar-refractivity contribution in [3.63, 3.8) is 0 Å². The van der Waals surface area contributed by atoms with E-state index in [-0.39, 0.29) is 0 Å². The van der Waals surface area contributed by atoms with Crippen LogP contribution in [0, 0.1) is 0 Å². The van der Waals surface area contributed by atoms with Crippen LogP contribution in [0.2, 0.25) is 5.28 Å². The molecule has 0 N–H and O–H groups in total. The van der Waals surface area contributed by atoms with E-state index in [1.165, 1.54) is 18.4 Å². The number of nitrogens with zero attached hydrogens (tertiary/aromatic N) is 3. The van der Waals surface area contributed by atoms with Gasteiger partial charge in [-0.25, -0.2) is 0 Å². The molecule has 1 aliphatic rings. The van der Waals surface area contributed by atoms with E-state index in [4.69, 9.17) is 11.6 Å². The summed E-state index contributed by atoms with van der Waals surface area (Å²) in [6, 6.07) is 8.48. The van der Waals surface area contributed by atoms with Gasteiger partial charge in [0.15, 0.2) is 0 Å². The third-order valence-corrected chi connectivity index (χ3v) is 3.65. The summed E-state index contributed by atoms with van der Waals surface area (Å²) in [6.07, 6.45) is 2.39. The molecule has 1 aliphatic carbocycles. The van der Waals surface area contributed by atoms with Crippen molar-refractivity contribution in [1.82, 2.24) is 14.8 Å². The molecule has 0 atom stereocenters. The van der Waals surface area contributed by atoms with E-state index < -0.39 is 0 Å². The largest absolute Gasteiger partial charge is 0.270 e. The lowest BCUT2D eigenvalue weighted by molar-refractivity contribution is 0.855. The van der Waals surface area contributed by atoms with Crippen LogP contribution in [0.25, 0.3) is 5.69 Å². The van der Waals surface area contributed by atoms with Crippen molar-refractivity contribution in [2.75, 3.05) is 0 Å². The molecule has 0 bridgehead atoms. The van der Waals surface area contributed by atoms with Crippen molar-refractivity contribution in [2.45, 2.75) is 38.5 Å². The van der Waals surface area contributed by atoms with Crippen LogP contribution in [0.3, 0.4) is 0 Å². The molecule has 18 heavy (non-hydrogen) atoms. The summed E-state index contributed by atoms with van der Waals surface area (Å²) in [4.78, 5) is 0. The first-order valence-electron chi connectivity index (χ1n) is 6.38. The zero-order valence-corrected chi connectivity index (χ0v) is 11.4. The van der Waals surface area contributed by atoms with E-state index in [0.717, 1.165) is 11.5 Å². The summed E-state index contributed by atoms with van der Waals surface area (Å²) in [5, 5.41) is 8.64. The molecule has 0 saturated heterocycles. The van der Waals surface area contributed by atoms with Gasteiger partial charge in [-0.05, 0) is 48.1 Å². The summed E-state index contributed by atoms with van der Waals surface area (Å²) >= 11 is 6.14. The molecule has 94 valence electrons. The van der Waals surface area contributed by atoms with Crippen LogP contribution in [0.15, 0.2) is 24.3 Å². The lowest BCUT2D eigenvalue weighted by Gasteiger charge is -2.09. The standard InChI is InChI=1S/C14H16ClN3/c1-9(2)10-5-7-12(8-6-10)18-13(11-3-4-11)16-17-14(18)15/h5-9,11H,3-4H2,1-2H3. The van der Waals surface area contributed by atoms with E-state index in [2.05, 4.69) is 48.3 Å². The van der Waals surface area contributed by atoms with Crippen molar-refractivity contribution in [2.24, 2.45) is 0 Å². The van der Waals surface area contributed by atoms with Crippen LogP contribution in [0.5, 0.6) is 0 Å². The lowest BCUT2D eigenvalue weighted by atomic mass is 10.0.